The SMILES string of the molecule is C=CCOC(=O)c1sc(N2C(=O)C(=O)/C(=C(/O)c3ccc(OCc4cccc(C)c4)cc3)C2c2ccncc2)nc1C. The number of aromatic nitrogens is 2. The van der Waals surface area contributed by atoms with Gasteiger partial charge in [0.05, 0.1) is 17.3 Å². The summed E-state index contributed by atoms with van der Waals surface area (Å²) >= 11 is 0.932. The number of aryl methyl sites for hydroxylation is 2. The molecule has 0 radical (unpaired) electrons. The Balaban J connectivity index is 1.49. The third kappa shape index (κ3) is 5.70. The van der Waals surface area contributed by atoms with Gasteiger partial charge in [0.1, 0.15) is 29.6 Å². The number of pyridine rings is 1. The number of hydrogen-bond donors (Lipinski definition) is 1. The van der Waals surface area contributed by atoms with E-state index in [0.29, 0.717) is 29.2 Å². The van der Waals surface area contributed by atoms with Crippen LogP contribution in [0.5, 0.6) is 5.75 Å². The molecule has 42 heavy (non-hydrogen) atoms. The molecule has 1 unspecified atom stereocenters. The number of hydrogen-bond acceptors (Lipinski definition) is 9. The van der Waals surface area contributed by atoms with E-state index in [-0.39, 0.29) is 27.9 Å². The lowest BCUT2D eigenvalue weighted by molar-refractivity contribution is -0.132. The molecular weight excluding hydrogens is 554 g/mol. The molecule has 10 heteroatoms. The zero-order valence-electron chi connectivity index (χ0n) is 22.9. The van der Waals surface area contributed by atoms with Crippen LogP contribution in [0, 0.1) is 13.8 Å². The van der Waals surface area contributed by atoms with E-state index in [4.69, 9.17) is 9.47 Å². The summed E-state index contributed by atoms with van der Waals surface area (Å²) in [5.74, 6) is -2.14. The van der Waals surface area contributed by atoms with Crippen LogP contribution < -0.4 is 9.64 Å². The van der Waals surface area contributed by atoms with E-state index < -0.39 is 23.7 Å². The van der Waals surface area contributed by atoms with E-state index in [1.54, 1.807) is 43.3 Å². The van der Waals surface area contributed by atoms with E-state index >= 15 is 0 Å². The van der Waals surface area contributed by atoms with Crippen LogP contribution in [0.3, 0.4) is 0 Å². The molecule has 0 aliphatic carbocycles. The number of anilines is 1. The molecule has 1 aliphatic rings. The minimum Gasteiger partial charge on any atom is -0.507 e. The van der Waals surface area contributed by atoms with Crippen molar-refractivity contribution in [3.05, 3.63) is 124 Å². The number of rotatable bonds is 9. The fraction of sp³-hybridized carbons (Fsp3) is 0.156. The zero-order chi connectivity index (χ0) is 29.8. The Morgan fingerprint density at radius 3 is 2.52 bits per heavy atom. The maximum Gasteiger partial charge on any atom is 0.350 e. The molecule has 1 aliphatic heterocycles. The molecule has 0 spiro atoms. The maximum absolute atomic E-state index is 13.4. The van der Waals surface area contributed by atoms with Crippen LogP contribution >= 0.6 is 11.3 Å². The van der Waals surface area contributed by atoms with Gasteiger partial charge < -0.3 is 14.6 Å². The van der Waals surface area contributed by atoms with Crippen molar-refractivity contribution in [3.8, 4) is 5.75 Å². The molecule has 212 valence electrons. The van der Waals surface area contributed by atoms with E-state index in [1.165, 1.54) is 23.4 Å². The lowest BCUT2D eigenvalue weighted by atomic mass is 9.96. The number of aliphatic hydroxyl groups is 1. The highest BCUT2D eigenvalue weighted by atomic mass is 32.1. The second kappa shape index (κ2) is 12.2. The van der Waals surface area contributed by atoms with Crippen LogP contribution in [0.25, 0.3) is 5.76 Å². The maximum atomic E-state index is 13.4. The molecule has 3 heterocycles. The van der Waals surface area contributed by atoms with Gasteiger partial charge in [-0.2, -0.15) is 0 Å². The number of ketones is 1. The Morgan fingerprint density at radius 2 is 1.83 bits per heavy atom. The Kier molecular flexibility index (Phi) is 8.26. The average molecular weight is 582 g/mol. The van der Waals surface area contributed by atoms with Gasteiger partial charge in [0.2, 0.25) is 0 Å². The van der Waals surface area contributed by atoms with Gasteiger partial charge in [-0.3, -0.25) is 19.5 Å². The predicted molar refractivity (Wildman–Crippen MR) is 158 cm³/mol. The van der Waals surface area contributed by atoms with E-state index in [9.17, 15) is 19.5 Å². The Labute approximate surface area is 246 Å². The zero-order valence-corrected chi connectivity index (χ0v) is 23.8. The third-order valence-electron chi connectivity index (χ3n) is 6.59. The quantitative estimate of drug-likeness (QED) is 0.0879. The van der Waals surface area contributed by atoms with Crippen LogP contribution in [-0.4, -0.2) is 39.3 Å². The summed E-state index contributed by atoms with van der Waals surface area (Å²) in [5, 5.41) is 11.5. The Bertz CT molecular complexity index is 1690. The molecule has 0 bridgehead atoms. The smallest absolute Gasteiger partial charge is 0.350 e. The molecule has 1 fully saturated rings. The highest BCUT2D eigenvalue weighted by molar-refractivity contribution is 7.17. The first-order chi connectivity index (χ1) is 20.3. The summed E-state index contributed by atoms with van der Waals surface area (Å²) in [5.41, 5.74) is 3.26. The summed E-state index contributed by atoms with van der Waals surface area (Å²) in [4.78, 5) is 49.3. The van der Waals surface area contributed by atoms with Crippen molar-refractivity contribution in [1.82, 2.24) is 9.97 Å². The highest BCUT2D eigenvalue weighted by Gasteiger charge is 2.48. The molecule has 4 aromatic rings. The molecule has 5 rings (SSSR count). The van der Waals surface area contributed by atoms with Crippen LogP contribution in [0.2, 0.25) is 0 Å². The number of thiazole rings is 1. The Morgan fingerprint density at radius 1 is 1.10 bits per heavy atom. The monoisotopic (exact) mass is 581 g/mol. The molecule has 1 N–H and O–H groups in total. The lowest BCUT2D eigenvalue weighted by Crippen LogP contribution is -2.29. The fourth-order valence-electron chi connectivity index (χ4n) is 4.60. The second-order valence-corrected chi connectivity index (χ2v) is 10.5. The number of carbonyl (C=O) groups excluding carboxylic acids is 3. The highest BCUT2D eigenvalue weighted by Crippen LogP contribution is 2.43. The summed E-state index contributed by atoms with van der Waals surface area (Å²) in [6.45, 7) is 7.55. The third-order valence-corrected chi connectivity index (χ3v) is 7.73. The van der Waals surface area contributed by atoms with Gasteiger partial charge in [-0.15, -0.1) is 0 Å². The summed E-state index contributed by atoms with van der Waals surface area (Å²) in [7, 11) is 0. The first kappa shape index (κ1) is 28.4. The first-order valence-electron chi connectivity index (χ1n) is 13.0. The van der Waals surface area contributed by atoms with Crippen molar-refractivity contribution in [2.45, 2.75) is 26.5 Å². The molecular formula is C32H27N3O6S. The molecule has 1 amide bonds. The van der Waals surface area contributed by atoms with E-state index in [0.717, 1.165) is 22.5 Å². The molecule has 2 aromatic heterocycles. The molecule has 1 saturated heterocycles. The van der Waals surface area contributed by atoms with Crippen molar-refractivity contribution < 1.29 is 29.0 Å². The van der Waals surface area contributed by atoms with Crippen molar-refractivity contribution in [2.75, 3.05) is 11.5 Å². The van der Waals surface area contributed by atoms with Gasteiger partial charge in [0.15, 0.2) is 5.13 Å². The minimum atomic E-state index is -1.01. The second-order valence-electron chi connectivity index (χ2n) is 9.55. The first-order valence-corrected chi connectivity index (χ1v) is 13.8. The van der Waals surface area contributed by atoms with Crippen LogP contribution in [0.15, 0.2) is 91.3 Å². The van der Waals surface area contributed by atoms with Gasteiger partial charge in [-0.1, -0.05) is 53.8 Å². The number of carbonyl (C=O) groups is 3. The van der Waals surface area contributed by atoms with Gasteiger partial charge in [-0.25, -0.2) is 9.78 Å². The number of amides is 1. The standard InChI is InChI=1S/C32H27N3O6S/c1-4-16-40-31(39)29-20(3)34-32(42-29)35-26(22-12-14-33-15-13-22)25(28(37)30(35)38)27(36)23-8-10-24(11-9-23)41-18-21-7-5-6-19(2)17-21/h4-15,17,26,36H,1,16,18H2,2-3H3/b27-25+. The largest absolute Gasteiger partial charge is 0.507 e. The number of aliphatic hydroxyl groups excluding tert-OH is 1. The van der Waals surface area contributed by atoms with Crippen molar-refractivity contribution in [2.24, 2.45) is 0 Å². The lowest BCUT2D eigenvalue weighted by Gasteiger charge is -2.22. The molecule has 1 atom stereocenters. The molecule has 2 aromatic carbocycles. The number of ether oxygens (including phenoxy) is 2. The Hall–Kier alpha value is -5.09. The van der Waals surface area contributed by atoms with Crippen molar-refractivity contribution in [1.29, 1.82) is 0 Å². The van der Waals surface area contributed by atoms with Crippen LogP contribution in [-0.2, 0) is 20.9 Å². The molecule has 9 nitrogen and oxygen atoms in total. The van der Waals surface area contributed by atoms with E-state index in [1.807, 2.05) is 31.2 Å². The minimum absolute atomic E-state index is 0.0167. The number of nitrogens with zero attached hydrogens (tertiary/aromatic N) is 3. The van der Waals surface area contributed by atoms with Gasteiger partial charge in [0, 0.05) is 18.0 Å². The summed E-state index contributed by atoms with van der Waals surface area (Å²) in [6.07, 6.45) is 4.50. The molecule has 0 saturated carbocycles. The number of benzene rings is 2. The van der Waals surface area contributed by atoms with Crippen LogP contribution in [0.4, 0.5) is 5.13 Å². The predicted octanol–water partition coefficient (Wildman–Crippen LogP) is 5.70. The topological polar surface area (TPSA) is 119 Å². The normalized spacial score (nSPS) is 16.0. The van der Waals surface area contributed by atoms with Crippen LogP contribution in [0.1, 0.15) is 43.7 Å². The van der Waals surface area contributed by atoms with Gasteiger partial charge >= 0.3 is 11.9 Å². The van der Waals surface area contributed by atoms with Crippen molar-refractivity contribution in [3.63, 3.8) is 0 Å². The number of Topliss-reactive ketones (excluding diaryl/α,β-unsaturated/α-hetero) is 1. The van der Waals surface area contributed by atoms with Crippen molar-refractivity contribution >= 4 is 39.9 Å². The summed E-state index contributed by atoms with van der Waals surface area (Å²) < 4.78 is 11.0. The van der Waals surface area contributed by atoms with E-state index in [2.05, 4.69) is 16.5 Å². The number of esters is 1. The van der Waals surface area contributed by atoms with Gasteiger partial charge in [0.25, 0.3) is 5.78 Å². The fourth-order valence-corrected chi connectivity index (χ4v) is 5.59. The summed E-state index contributed by atoms with van der Waals surface area (Å²) in [6, 6.07) is 16.9. The average Bonchev–Trinajstić information content (AvgIpc) is 3.51. The van der Waals surface area contributed by atoms with Gasteiger partial charge in [-0.05, 0) is 61.4 Å².